The molecule has 2 aromatic carbocycles. The average Bonchev–Trinajstić information content (AvgIpc) is 2.50. The van der Waals surface area contributed by atoms with Crippen LogP contribution in [0.2, 0.25) is 0 Å². The summed E-state index contributed by atoms with van der Waals surface area (Å²) in [7, 11) is 1.62. The molecule has 1 atom stereocenters. The van der Waals surface area contributed by atoms with Crippen molar-refractivity contribution in [1.82, 2.24) is 0 Å². The summed E-state index contributed by atoms with van der Waals surface area (Å²) in [5.41, 5.74) is 1.22. The molecule has 0 saturated heterocycles. The van der Waals surface area contributed by atoms with Crippen molar-refractivity contribution in [1.29, 1.82) is 5.26 Å². The molecular formula is C17H17BrN2O. The van der Waals surface area contributed by atoms with Gasteiger partial charge in [-0.15, -0.1) is 0 Å². The van der Waals surface area contributed by atoms with E-state index in [4.69, 9.17) is 4.74 Å². The highest BCUT2D eigenvalue weighted by Gasteiger charge is 2.25. The van der Waals surface area contributed by atoms with Gasteiger partial charge in [-0.25, -0.2) is 0 Å². The second kappa shape index (κ2) is 6.64. The molecular weight excluding hydrogens is 328 g/mol. The van der Waals surface area contributed by atoms with Crippen LogP contribution in [0.3, 0.4) is 0 Å². The number of anilines is 1. The Labute approximate surface area is 133 Å². The van der Waals surface area contributed by atoms with Gasteiger partial charge in [0.05, 0.1) is 18.9 Å². The van der Waals surface area contributed by atoms with Crippen LogP contribution >= 0.6 is 15.9 Å². The van der Waals surface area contributed by atoms with Gasteiger partial charge < -0.3 is 10.1 Å². The molecule has 1 N–H and O–H groups in total. The number of nitrogens with one attached hydrogen (secondary N) is 1. The minimum Gasteiger partial charge on any atom is -0.495 e. The van der Waals surface area contributed by atoms with Crippen molar-refractivity contribution >= 4 is 21.6 Å². The van der Waals surface area contributed by atoms with Crippen LogP contribution < -0.4 is 10.1 Å². The maximum atomic E-state index is 9.56. The second-order valence-electron chi connectivity index (χ2n) is 5.07. The maximum Gasteiger partial charge on any atom is 0.141 e. The van der Waals surface area contributed by atoms with E-state index in [0.717, 1.165) is 21.5 Å². The van der Waals surface area contributed by atoms with Gasteiger partial charge in [-0.3, -0.25) is 0 Å². The van der Waals surface area contributed by atoms with E-state index in [0.29, 0.717) is 6.42 Å². The fraction of sp³-hybridized carbons (Fsp3) is 0.235. The summed E-state index contributed by atoms with van der Waals surface area (Å²) in [5, 5.41) is 12.9. The number of halogens is 1. The van der Waals surface area contributed by atoms with E-state index in [-0.39, 0.29) is 0 Å². The third-order valence-corrected chi connectivity index (χ3v) is 3.76. The summed E-state index contributed by atoms with van der Waals surface area (Å²) in [6, 6.07) is 18.0. The van der Waals surface area contributed by atoms with Crippen LogP contribution in [-0.2, 0) is 6.42 Å². The number of hydrogen-bond donors (Lipinski definition) is 1. The molecule has 0 saturated carbocycles. The first-order valence-electron chi connectivity index (χ1n) is 6.63. The standard InChI is InChI=1S/C17H17BrN2O/c1-17(12-19,11-13-7-9-14(18)10-8-13)20-15-5-3-4-6-16(15)21-2/h3-10,20H,11H2,1-2H3. The first kappa shape index (κ1) is 15.4. The van der Waals surface area contributed by atoms with Gasteiger partial charge in [0.25, 0.3) is 0 Å². The van der Waals surface area contributed by atoms with Crippen molar-refractivity contribution in [3.05, 3.63) is 58.6 Å². The Kier molecular flexibility index (Phi) is 4.87. The molecule has 0 fully saturated rings. The Bertz CT molecular complexity index is 649. The predicted octanol–water partition coefficient (Wildman–Crippen LogP) is 4.39. The molecule has 0 aliphatic carbocycles. The lowest BCUT2D eigenvalue weighted by Crippen LogP contribution is -2.35. The normalized spacial score (nSPS) is 13.0. The van der Waals surface area contributed by atoms with Crippen molar-refractivity contribution in [3.63, 3.8) is 0 Å². The number of methoxy groups -OCH3 is 1. The van der Waals surface area contributed by atoms with Crippen LogP contribution in [0.4, 0.5) is 5.69 Å². The van der Waals surface area contributed by atoms with E-state index in [1.54, 1.807) is 7.11 Å². The van der Waals surface area contributed by atoms with Crippen LogP contribution in [0.1, 0.15) is 12.5 Å². The molecule has 0 bridgehead atoms. The lowest BCUT2D eigenvalue weighted by Gasteiger charge is -2.25. The van der Waals surface area contributed by atoms with Crippen molar-refractivity contribution in [2.75, 3.05) is 12.4 Å². The Morgan fingerprint density at radius 1 is 1.19 bits per heavy atom. The zero-order valence-electron chi connectivity index (χ0n) is 12.1. The third-order valence-electron chi connectivity index (χ3n) is 3.24. The SMILES string of the molecule is COc1ccccc1NC(C)(C#N)Cc1ccc(Br)cc1. The summed E-state index contributed by atoms with van der Waals surface area (Å²) in [5.74, 6) is 0.731. The van der Waals surface area contributed by atoms with Crippen LogP contribution in [0.5, 0.6) is 5.75 Å². The predicted molar refractivity (Wildman–Crippen MR) is 88.5 cm³/mol. The fourth-order valence-electron chi connectivity index (χ4n) is 2.17. The summed E-state index contributed by atoms with van der Waals surface area (Å²) < 4.78 is 6.35. The minimum absolute atomic E-state index is 0.606. The van der Waals surface area contributed by atoms with Gasteiger partial charge in [-0.1, -0.05) is 40.2 Å². The van der Waals surface area contributed by atoms with Gasteiger partial charge >= 0.3 is 0 Å². The molecule has 21 heavy (non-hydrogen) atoms. The van der Waals surface area contributed by atoms with Crippen molar-refractivity contribution in [3.8, 4) is 11.8 Å². The molecule has 0 amide bonds. The Morgan fingerprint density at radius 3 is 2.48 bits per heavy atom. The number of hydrogen-bond acceptors (Lipinski definition) is 3. The molecule has 2 rings (SSSR count). The fourth-order valence-corrected chi connectivity index (χ4v) is 2.43. The van der Waals surface area contributed by atoms with E-state index < -0.39 is 5.54 Å². The largest absolute Gasteiger partial charge is 0.495 e. The molecule has 108 valence electrons. The molecule has 0 aliphatic rings. The highest BCUT2D eigenvalue weighted by atomic mass is 79.9. The number of rotatable bonds is 5. The highest BCUT2D eigenvalue weighted by molar-refractivity contribution is 9.10. The number of nitriles is 1. The van der Waals surface area contributed by atoms with Crippen molar-refractivity contribution in [2.45, 2.75) is 18.9 Å². The molecule has 0 heterocycles. The summed E-state index contributed by atoms with van der Waals surface area (Å²) in [4.78, 5) is 0. The summed E-state index contributed by atoms with van der Waals surface area (Å²) in [6.07, 6.45) is 0.606. The molecule has 1 unspecified atom stereocenters. The quantitative estimate of drug-likeness (QED) is 0.874. The third kappa shape index (κ3) is 3.99. The number of benzene rings is 2. The first-order chi connectivity index (χ1) is 10.1. The zero-order valence-corrected chi connectivity index (χ0v) is 13.6. The van der Waals surface area contributed by atoms with Crippen molar-refractivity contribution in [2.24, 2.45) is 0 Å². The van der Waals surface area contributed by atoms with Crippen molar-refractivity contribution < 1.29 is 4.74 Å². The summed E-state index contributed by atoms with van der Waals surface area (Å²) >= 11 is 3.42. The highest BCUT2D eigenvalue weighted by Crippen LogP contribution is 2.28. The van der Waals surface area contributed by atoms with Crippen LogP contribution in [0.15, 0.2) is 53.0 Å². The van der Waals surface area contributed by atoms with E-state index in [1.165, 1.54) is 0 Å². The molecule has 0 spiro atoms. The van der Waals surface area contributed by atoms with E-state index in [9.17, 15) is 5.26 Å². The molecule has 2 aromatic rings. The molecule has 0 aromatic heterocycles. The topological polar surface area (TPSA) is 45.0 Å². The average molecular weight is 345 g/mol. The molecule has 0 radical (unpaired) electrons. The van der Waals surface area contributed by atoms with Gasteiger partial charge in [-0.2, -0.15) is 5.26 Å². The monoisotopic (exact) mass is 344 g/mol. The number of para-hydroxylation sites is 2. The van der Waals surface area contributed by atoms with E-state index in [1.807, 2.05) is 55.5 Å². The zero-order chi connectivity index (χ0) is 15.3. The van der Waals surface area contributed by atoms with Crippen LogP contribution in [0, 0.1) is 11.3 Å². The molecule has 0 aliphatic heterocycles. The first-order valence-corrected chi connectivity index (χ1v) is 7.42. The number of nitrogens with zero attached hydrogens (tertiary/aromatic N) is 1. The van der Waals surface area contributed by atoms with Gasteiger partial charge in [0, 0.05) is 10.9 Å². The van der Waals surface area contributed by atoms with Gasteiger partial charge in [0.2, 0.25) is 0 Å². The Morgan fingerprint density at radius 2 is 1.86 bits per heavy atom. The van der Waals surface area contributed by atoms with E-state index in [2.05, 4.69) is 27.3 Å². The van der Waals surface area contributed by atoms with Gasteiger partial charge in [-0.05, 0) is 36.8 Å². The summed E-state index contributed by atoms with van der Waals surface area (Å²) in [6.45, 7) is 1.89. The van der Waals surface area contributed by atoms with Crippen LogP contribution in [-0.4, -0.2) is 12.6 Å². The smallest absolute Gasteiger partial charge is 0.141 e. The maximum absolute atomic E-state index is 9.56. The second-order valence-corrected chi connectivity index (χ2v) is 5.99. The van der Waals surface area contributed by atoms with Gasteiger partial charge in [0.1, 0.15) is 11.3 Å². The molecule has 3 nitrogen and oxygen atoms in total. The molecule has 4 heteroatoms. The van der Waals surface area contributed by atoms with Crippen LogP contribution in [0.25, 0.3) is 0 Å². The Balaban J connectivity index is 2.21. The minimum atomic E-state index is -0.706. The van der Waals surface area contributed by atoms with Gasteiger partial charge in [0.15, 0.2) is 0 Å². The lowest BCUT2D eigenvalue weighted by atomic mass is 9.94. The number of ether oxygens (including phenoxy) is 1. The van der Waals surface area contributed by atoms with E-state index >= 15 is 0 Å². The lowest BCUT2D eigenvalue weighted by molar-refractivity contribution is 0.415. The Hall–Kier alpha value is -1.99.